The van der Waals surface area contributed by atoms with Crippen molar-refractivity contribution in [2.45, 2.75) is 57.9 Å². The number of nitrogens with zero attached hydrogens (tertiary/aromatic N) is 3. The van der Waals surface area contributed by atoms with E-state index in [9.17, 15) is 4.79 Å². The molecule has 0 aromatic carbocycles. The number of rotatable bonds is 8. The van der Waals surface area contributed by atoms with Crippen molar-refractivity contribution in [1.82, 2.24) is 20.3 Å². The third kappa shape index (κ3) is 6.01. The van der Waals surface area contributed by atoms with Gasteiger partial charge in [-0.1, -0.05) is 19.4 Å². The van der Waals surface area contributed by atoms with Gasteiger partial charge in [-0.15, -0.1) is 0 Å². The van der Waals surface area contributed by atoms with Gasteiger partial charge in [-0.2, -0.15) is 0 Å². The van der Waals surface area contributed by atoms with Crippen molar-refractivity contribution in [3.63, 3.8) is 0 Å². The van der Waals surface area contributed by atoms with E-state index < -0.39 is 0 Å². The highest BCUT2D eigenvalue weighted by Crippen LogP contribution is 2.26. The molecule has 0 aliphatic heterocycles. The number of anilines is 1. The summed E-state index contributed by atoms with van der Waals surface area (Å²) in [5.74, 6) is 0.974. The average molecular weight is 367 g/mol. The summed E-state index contributed by atoms with van der Waals surface area (Å²) in [5, 5.41) is 6.47. The summed E-state index contributed by atoms with van der Waals surface area (Å²) in [7, 11) is 0. The highest BCUT2D eigenvalue weighted by Gasteiger charge is 2.26. The fourth-order valence-electron chi connectivity index (χ4n) is 3.53. The van der Waals surface area contributed by atoms with Crippen LogP contribution in [0.5, 0.6) is 0 Å². The van der Waals surface area contributed by atoms with Gasteiger partial charge in [-0.25, -0.2) is 9.97 Å². The van der Waals surface area contributed by atoms with Crippen molar-refractivity contribution >= 4 is 11.9 Å². The van der Waals surface area contributed by atoms with Crippen LogP contribution in [0.1, 0.15) is 50.3 Å². The molecule has 6 heteroatoms. The van der Waals surface area contributed by atoms with Crippen LogP contribution >= 0.6 is 0 Å². The molecule has 1 saturated carbocycles. The number of hydrogen-bond acceptors (Lipinski definition) is 5. The van der Waals surface area contributed by atoms with Crippen LogP contribution in [0.3, 0.4) is 0 Å². The molecule has 0 bridgehead atoms. The lowest BCUT2D eigenvalue weighted by molar-refractivity contribution is -0.125. The first kappa shape index (κ1) is 19.3. The Morgan fingerprint density at radius 1 is 1.07 bits per heavy atom. The van der Waals surface area contributed by atoms with Gasteiger partial charge in [-0.3, -0.25) is 9.78 Å². The van der Waals surface area contributed by atoms with Crippen LogP contribution in [-0.2, 0) is 17.6 Å². The fourth-order valence-corrected chi connectivity index (χ4v) is 3.53. The Hall–Kier alpha value is -2.50. The summed E-state index contributed by atoms with van der Waals surface area (Å²) in [6.07, 6.45) is 12.2. The number of aromatic nitrogens is 3. The molecule has 1 fully saturated rings. The summed E-state index contributed by atoms with van der Waals surface area (Å²) in [4.78, 5) is 25.5. The summed E-state index contributed by atoms with van der Waals surface area (Å²) in [5.41, 5.74) is 2.18. The zero-order valence-corrected chi connectivity index (χ0v) is 16.0. The number of carbonyl (C=O) groups excluding carboxylic acids is 1. The minimum absolute atomic E-state index is 0.111. The van der Waals surface area contributed by atoms with E-state index >= 15 is 0 Å². The molecular formula is C21H29N5O. The lowest BCUT2D eigenvalue weighted by Crippen LogP contribution is -2.37. The molecule has 144 valence electrons. The maximum Gasteiger partial charge on any atom is 0.223 e. The van der Waals surface area contributed by atoms with Crippen LogP contribution < -0.4 is 10.6 Å². The molecule has 0 radical (unpaired) electrons. The van der Waals surface area contributed by atoms with Gasteiger partial charge in [0.25, 0.3) is 0 Å². The first-order valence-electron chi connectivity index (χ1n) is 9.99. The Bertz CT molecular complexity index is 696. The van der Waals surface area contributed by atoms with Crippen LogP contribution in [0.2, 0.25) is 0 Å². The summed E-state index contributed by atoms with van der Waals surface area (Å²) < 4.78 is 0. The standard InChI is InChI=1S/C21H29N5O/c1-2-5-16-14-24-21(25-15-16)26-19-9-7-17(8-10-19)20(27)23-13-11-18-6-3-4-12-22-18/h3-4,6,12,14-15,17,19H,2,5,7-11,13H2,1H3,(H,23,27)(H,24,25,26). The smallest absolute Gasteiger partial charge is 0.223 e. The molecule has 1 amide bonds. The predicted molar refractivity (Wildman–Crippen MR) is 106 cm³/mol. The Morgan fingerprint density at radius 2 is 1.85 bits per heavy atom. The van der Waals surface area contributed by atoms with Gasteiger partial charge in [0.2, 0.25) is 11.9 Å². The number of hydrogen-bond donors (Lipinski definition) is 2. The van der Waals surface area contributed by atoms with E-state index in [1.807, 2.05) is 30.6 Å². The zero-order valence-electron chi connectivity index (χ0n) is 16.0. The first-order chi connectivity index (χ1) is 13.2. The number of carbonyl (C=O) groups is 1. The van der Waals surface area contributed by atoms with Crippen LogP contribution in [-0.4, -0.2) is 33.4 Å². The van der Waals surface area contributed by atoms with Gasteiger partial charge in [0.1, 0.15) is 0 Å². The van der Waals surface area contributed by atoms with Gasteiger partial charge in [0.05, 0.1) is 0 Å². The van der Waals surface area contributed by atoms with E-state index in [0.717, 1.165) is 50.6 Å². The lowest BCUT2D eigenvalue weighted by Gasteiger charge is -2.28. The molecule has 0 saturated heterocycles. The molecule has 1 aliphatic rings. The van der Waals surface area contributed by atoms with Gasteiger partial charge in [-0.05, 0) is 49.8 Å². The molecule has 6 nitrogen and oxygen atoms in total. The number of pyridine rings is 1. The van der Waals surface area contributed by atoms with Crippen LogP contribution in [0.4, 0.5) is 5.95 Å². The lowest BCUT2D eigenvalue weighted by atomic mass is 9.85. The second-order valence-electron chi connectivity index (χ2n) is 7.22. The van der Waals surface area contributed by atoms with Crippen LogP contribution in [0, 0.1) is 5.92 Å². The fraction of sp³-hybridized carbons (Fsp3) is 0.524. The van der Waals surface area contributed by atoms with Crippen molar-refractivity contribution in [2.24, 2.45) is 5.92 Å². The maximum atomic E-state index is 12.4. The second kappa shape index (κ2) is 10.00. The SMILES string of the molecule is CCCc1cnc(NC2CCC(C(=O)NCCc3ccccn3)CC2)nc1. The summed E-state index contributed by atoms with van der Waals surface area (Å²) in [6.45, 7) is 2.80. The van der Waals surface area contributed by atoms with Gasteiger partial charge < -0.3 is 10.6 Å². The molecule has 3 rings (SSSR count). The van der Waals surface area contributed by atoms with Crippen molar-refractivity contribution in [2.75, 3.05) is 11.9 Å². The summed E-state index contributed by atoms with van der Waals surface area (Å²) >= 11 is 0. The van der Waals surface area contributed by atoms with Crippen molar-refractivity contribution in [3.05, 3.63) is 48.0 Å². The first-order valence-corrected chi connectivity index (χ1v) is 9.99. The summed E-state index contributed by atoms with van der Waals surface area (Å²) in [6, 6.07) is 6.21. The molecule has 2 heterocycles. The van der Waals surface area contributed by atoms with Crippen molar-refractivity contribution in [1.29, 1.82) is 0 Å². The Kier molecular flexibility index (Phi) is 7.13. The molecule has 0 spiro atoms. The Labute approximate surface area is 161 Å². The third-order valence-corrected chi connectivity index (χ3v) is 5.08. The molecular weight excluding hydrogens is 338 g/mol. The molecule has 0 unspecified atom stereocenters. The molecule has 2 N–H and O–H groups in total. The maximum absolute atomic E-state index is 12.4. The van der Waals surface area contributed by atoms with Gasteiger partial charge in [0.15, 0.2) is 0 Å². The minimum atomic E-state index is 0.111. The molecule has 1 aliphatic carbocycles. The highest BCUT2D eigenvalue weighted by atomic mass is 16.1. The topological polar surface area (TPSA) is 79.8 Å². The second-order valence-corrected chi connectivity index (χ2v) is 7.22. The third-order valence-electron chi connectivity index (χ3n) is 5.08. The number of nitrogens with one attached hydrogen (secondary N) is 2. The van der Waals surface area contributed by atoms with Crippen LogP contribution in [0.15, 0.2) is 36.8 Å². The highest BCUT2D eigenvalue weighted by molar-refractivity contribution is 5.78. The van der Waals surface area contributed by atoms with Gasteiger partial charge in [0, 0.05) is 49.2 Å². The van der Waals surface area contributed by atoms with Crippen LogP contribution in [0.25, 0.3) is 0 Å². The van der Waals surface area contributed by atoms with Crippen molar-refractivity contribution < 1.29 is 4.79 Å². The van der Waals surface area contributed by atoms with E-state index in [1.165, 1.54) is 5.56 Å². The molecule has 0 atom stereocenters. The van der Waals surface area contributed by atoms with E-state index in [4.69, 9.17) is 0 Å². The van der Waals surface area contributed by atoms with E-state index in [0.29, 0.717) is 18.5 Å². The van der Waals surface area contributed by atoms with E-state index in [-0.39, 0.29) is 11.8 Å². The van der Waals surface area contributed by atoms with Gasteiger partial charge >= 0.3 is 0 Å². The quantitative estimate of drug-likeness (QED) is 0.749. The molecule has 2 aromatic rings. The largest absolute Gasteiger partial charge is 0.355 e. The average Bonchev–Trinajstić information content (AvgIpc) is 2.71. The monoisotopic (exact) mass is 367 g/mol. The Morgan fingerprint density at radius 3 is 2.52 bits per heavy atom. The molecule has 2 aromatic heterocycles. The van der Waals surface area contributed by atoms with Crippen molar-refractivity contribution in [3.8, 4) is 0 Å². The number of amides is 1. The molecule has 27 heavy (non-hydrogen) atoms. The Balaban J connectivity index is 1.37. The number of aryl methyl sites for hydroxylation is 1. The zero-order chi connectivity index (χ0) is 18.9. The van der Waals surface area contributed by atoms with E-state index in [2.05, 4.69) is 32.5 Å². The normalized spacial score (nSPS) is 19.4. The minimum Gasteiger partial charge on any atom is -0.355 e. The van der Waals surface area contributed by atoms with E-state index in [1.54, 1.807) is 6.20 Å². The predicted octanol–water partition coefficient (Wildman–Crippen LogP) is 3.15.